The lowest BCUT2D eigenvalue weighted by Gasteiger charge is -2.12. The van der Waals surface area contributed by atoms with Crippen molar-refractivity contribution in [1.29, 1.82) is 0 Å². The molecule has 1 aromatic heterocycles. The zero-order valence-electron chi connectivity index (χ0n) is 18.6. The lowest BCUT2D eigenvalue weighted by atomic mass is 10.1. The van der Waals surface area contributed by atoms with Gasteiger partial charge in [-0.2, -0.15) is 4.68 Å². The van der Waals surface area contributed by atoms with E-state index in [4.69, 9.17) is 0 Å². The van der Waals surface area contributed by atoms with Gasteiger partial charge in [0.2, 0.25) is 17.0 Å². The summed E-state index contributed by atoms with van der Waals surface area (Å²) in [5.74, 6) is -0.434. The van der Waals surface area contributed by atoms with E-state index >= 15 is 0 Å². The predicted octanol–water partition coefficient (Wildman–Crippen LogP) is 3.47. The van der Waals surface area contributed by atoms with Crippen molar-refractivity contribution in [3.8, 4) is 5.69 Å². The van der Waals surface area contributed by atoms with Crippen molar-refractivity contribution in [2.24, 2.45) is 0 Å². The lowest BCUT2D eigenvalue weighted by molar-refractivity contribution is -0.122. The number of nitrogens with zero attached hydrogens (tertiary/aromatic N) is 4. The maximum atomic E-state index is 12.2. The highest BCUT2D eigenvalue weighted by molar-refractivity contribution is 7.99. The molecule has 0 spiro atoms. The fourth-order valence-electron chi connectivity index (χ4n) is 3.17. The normalized spacial score (nSPS) is 10.7. The molecule has 3 aromatic rings. The molecule has 2 aromatic carbocycles. The average molecular weight is 453 g/mol. The standard InChI is InChI=1S/C23H28N6O2S/c1-4-5-9-18-10-12-19(13-11-18)29-23(26-27-28-29)32-15-21(31)24-14-20(30)25-22-16(2)7-6-8-17(22)3/h6-8,10-13H,4-5,9,14-15H2,1-3H3,(H,24,31)(H,25,30). The first kappa shape index (κ1) is 23.5. The van der Waals surface area contributed by atoms with Gasteiger partial charge in [-0.25, -0.2) is 0 Å². The Hall–Kier alpha value is -3.20. The zero-order chi connectivity index (χ0) is 22.9. The number of carbonyl (C=O) groups is 2. The third-order valence-corrected chi connectivity index (χ3v) is 5.88. The molecule has 2 amide bonds. The zero-order valence-corrected chi connectivity index (χ0v) is 19.4. The van der Waals surface area contributed by atoms with Gasteiger partial charge in [-0.05, 0) is 65.9 Å². The van der Waals surface area contributed by atoms with Crippen LogP contribution in [0.15, 0.2) is 47.6 Å². The summed E-state index contributed by atoms with van der Waals surface area (Å²) in [6.07, 6.45) is 3.36. The number of rotatable bonds is 10. The first-order chi connectivity index (χ1) is 15.5. The van der Waals surface area contributed by atoms with Gasteiger partial charge in [-0.1, -0.05) is 55.4 Å². The fourth-order valence-corrected chi connectivity index (χ4v) is 3.89. The second kappa shape index (κ2) is 11.4. The smallest absolute Gasteiger partial charge is 0.243 e. The molecule has 0 aliphatic heterocycles. The minimum absolute atomic E-state index is 0.0999. The number of amides is 2. The van der Waals surface area contributed by atoms with E-state index in [1.165, 1.54) is 17.3 Å². The van der Waals surface area contributed by atoms with Crippen molar-refractivity contribution in [3.05, 3.63) is 59.2 Å². The van der Waals surface area contributed by atoms with Gasteiger partial charge in [-0.15, -0.1) is 5.10 Å². The molecule has 168 valence electrons. The van der Waals surface area contributed by atoms with Gasteiger partial charge in [-0.3, -0.25) is 9.59 Å². The van der Waals surface area contributed by atoms with Crippen molar-refractivity contribution in [2.45, 2.75) is 45.2 Å². The summed E-state index contributed by atoms with van der Waals surface area (Å²) in [6.45, 7) is 5.94. The number of hydrogen-bond donors (Lipinski definition) is 2. The molecule has 3 rings (SSSR count). The molecule has 0 fully saturated rings. The van der Waals surface area contributed by atoms with E-state index in [1.807, 2.05) is 44.2 Å². The number of aryl methyl sites for hydroxylation is 3. The number of unbranched alkanes of at least 4 members (excludes halogenated alkanes) is 1. The van der Waals surface area contributed by atoms with E-state index in [1.54, 1.807) is 4.68 Å². The maximum Gasteiger partial charge on any atom is 0.243 e. The number of anilines is 1. The van der Waals surface area contributed by atoms with Crippen molar-refractivity contribution < 1.29 is 9.59 Å². The van der Waals surface area contributed by atoms with Crippen molar-refractivity contribution in [3.63, 3.8) is 0 Å². The fraction of sp³-hybridized carbons (Fsp3) is 0.348. The average Bonchev–Trinajstić information content (AvgIpc) is 3.26. The Labute approximate surface area is 192 Å². The van der Waals surface area contributed by atoms with Gasteiger partial charge in [0.1, 0.15) is 0 Å². The number of benzene rings is 2. The van der Waals surface area contributed by atoms with E-state index in [-0.39, 0.29) is 24.1 Å². The molecule has 1 heterocycles. The quantitative estimate of drug-likeness (QED) is 0.457. The Kier molecular flexibility index (Phi) is 8.38. The maximum absolute atomic E-state index is 12.2. The van der Waals surface area contributed by atoms with Crippen LogP contribution in [-0.4, -0.2) is 44.3 Å². The third kappa shape index (κ3) is 6.40. The first-order valence-electron chi connectivity index (χ1n) is 10.6. The highest BCUT2D eigenvalue weighted by Gasteiger charge is 2.13. The lowest BCUT2D eigenvalue weighted by Crippen LogP contribution is -2.34. The summed E-state index contributed by atoms with van der Waals surface area (Å²) in [5.41, 5.74) is 4.85. The minimum Gasteiger partial charge on any atom is -0.346 e. The molecule has 0 saturated heterocycles. The first-order valence-corrected chi connectivity index (χ1v) is 11.6. The van der Waals surface area contributed by atoms with E-state index in [2.05, 4.69) is 45.2 Å². The van der Waals surface area contributed by atoms with Crippen molar-refractivity contribution in [1.82, 2.24) is 25.5 Å². The van der Waals surface area contributed by atoms with Gasteiger partial charge < -0.3 is 10.6 Å². The highest BCUT2D eigenvalue weighted by atomic mass is 32.2. The third-order valence-electron chi connectivity index (χ3n) is 4.96. The van der Waals surface area contributed by atoms with E-state index in [9.17, 15) is 9.59 Å². The molecule has 9 heteroatoms. The summed E-state index contributed by atoms with van der Waals surface area (Å²) in [6, 6.07) is 13.9. The summed E-state index contributed by atoms with van der Waals surface area (Å²) < 4.78 is 1.61. The van der Waals surface area contributed by atoms with Gasteiger partial charge >= 0.3 is 0 Å². The molecule has 0 atom stereocenters. The summed E-state index contributed by atoms with van der Waals surface area (Å²) in [5, 5.41) is 17.8. The van der Waals surface area contributed by atoms with Crippen LogP contribution in [0.1, 0.15) is 36.5 Å². The predicted molar refractivity (Wildman–Crippen MR) is 126 cm³/mol. The summed E-state index contributed by atoms with van der Waals surface area (Å²) in [4.78, 5) is 24.4. The van der Waals surface area contributed by atoms with Crippen molar-refractivity contribution in [2.75, 3.05) is 17.6 Å². The number of nitrogens with one attached hydrogen (secondary N) is 2. The molecular weight excluding hydrogens is 424 g/mol. The Morgan fingerprint density at radius 2 is 1.75 bits per heavy atom. The molecule has 0 radical (unpaired) electrons. The van der Waals surface area contributed by atoms with E-state index in [0.29, 0.717) is 5.16 Å². The van der Waals surface area contributed by atoms with Crippen LogP contribution < -0.4 is 10.6 Å². The number of aromatic nitrogens is 4. The van der Waals surface area contributed by atoms with Gasteiger partial charge in [0, 0.05) is 5.69 Å². The Morgan fingerprint density at radius 3 is 2.44 bits per heavy atom. The van der Waals surface area contributed by atoms with Gasteiger partial charge in [0.05, 0.1) is 18.0 Å². The molecule has 0 saturated carbocycles. The van der Waals surface area contributed by atoms with Gasteiger partial charge in [0.25, 0.3) is 0 Å². The number of tetrazole rings is 1. The Balaban J connectivity index is 1.49. The summed E-state index contributed by atoms with van der Waals surface area (Å²) in [7, 11) is 0. The topological polar surface area (TPSA) is 102 Å². The monoisotopic (exact) mass is 452 g/mol. The Morgan fingerprint density at radius 1 is 1.03 bits per heavy atom. The van der Waals surface area contributed by atoms with Crippen LogP contribution in [-0.2, 0) is 16.0 Å². The molecule has 0 bridgehead atoms. The largest absolute Gasteiger partial charge is 0.346 e. The SMILES string of the molecule is CCCCc1ccc(-n2nnnc2SCC(=O)NCC(=O)Nc2c(C)cccc2C)cc1. The number of hydrogen-bond acceptors (Lipinski definition) is 6. The molecule has 0 aliphatic carbocycles. The van der Waals surface area contributed by atoms with Crippen LogP contribution in [0, 0.1) is 13.8 Å². The molecule has 0 unspecified atom stereocenters. The van der Waals surface area contributed by atoms with Crippen LogP contribution in [0.2, 0.25) is 0 Å². The van der Waals surface area contributed by atoms with Gasteiger partial charge in [0.15, 0.2) is 0 Å². The van der Waals surface area contributed by atoms with Crippen LogP contribution in [0.3, 0.4) is 0 Å². The van der Waals surface area contributed by atoms with Crippen LogP contribution in [0.4, 0.5) is 5.69 Å². The number of para-hydroxylation sites is 1. The minimum atomic E-state index is -0.270. The second-order valence-corrected chi connectivity index (χ2v) is 8.47. The van der Waals surface area contributed by atoms with E-state index < -0.39 is 0 Å². The summed E-state index contributed by atoms with van der Waals surface area (Å²) >= 11 is 1.22. The Bertz CT molecular complexity index is 1040. The number of thioether (sulfide) groups is 1. The van der Waals surface area contributed by atoms with Crippen LogP contribution >= 0.6 is 11.8 Å². The molecule has 0 aliphatic rings. The van der Waals surface area contributed by atoms with Crippen LogP contribution in [0.25, 0.3) is 5.69 Å². The van der Waals surface area contributed by atoms with E-state index in [0.717, 1.165) is 41.8 Å². The second-order valence-electron chi connectivity index (χ2n) is 7.52. The molecule has 2 N–H and O–H groups in total. The molecular formula is C23H28N6O2S. The highest BCUT2D eigenvalue weighted by Crippen LogP contribution is 2.20. The molecule has 32 heavy (non-hydrogen) atoms. The van der Waals surface area contributed by atoms with Crippen LogP contribution in [0.5, 0.6) is 0 Å². The van der Waals surface area contributed by atoms with Crippen molar-refractivity contribution >= 4 is 29.3 Å². The number of carbonyl (C=O) groups excluding carboxylic acids is 2. The molecule has 8 nitrogen and oxygen atoms in total.